The summed E-state index contributed by atoms with van der Waals surface area (Å²) in [7, 11) is 0. The molecule has 3 heterocycles. The number of thioether (sulfide) groups is 1. The number of halogens is 2. The Morgan fingerprint density at radius 1 is 1.55 bits per heavy atom. The number of tetrazole rings is 1. The molecule has 0 spiro atoms. The molecule has 3 rings (SSSR count). The van der Waals surface area contributed by atoms with E-state index in [1.165, 1.54) is 23.1 Å². The van der Waals surface area contributed by atoms with Crippen molar-refractivity contribution < 1.29 is 9.53 Å². The third-order valence-corrected chi connectivity index (χ3v) is 5.63. The zero-order valence-electron chi connectivity index (χ0n) is 11.4. The van der Waals surface area contributed by atoms with Crippen LogP contribution in [0.5, 0.6) is 0 Å². The number of ether oxygens (including phenoxy) is 1. The maximum Gasteiger partial charge on any atom is 0.209 e. The minimum absolute atomic E-state index is 0.0928. The highest BCUT2D eigenvalue weighted by Gasteiger charge is 2.20. The van der Waals surface area contributed by atoms with E-state index in [1.807, 2.05) is 0 Å². The Hall–Kier alpha value is -0.670. The molecular formula is C12H12Cl2N4O2S2. The molecule has 10 heteroatoms. The van der Waals surface area contributed by atoms with E-state index in [-0.39, 0.29) is 17.6 Å². The Kier molecular flexibility index (Phi) is 5.35. The number of aromatic nitrogens is 4. The van der Waals surface area contributed by atoms with E-state index in [0.29, 0.717) is 25.9 Å². The molecule has 118 valence electrons. The average molecular weight is 379 g/mol. The maximum absolute atomic E-state index is 12.2. The number of hydrogen-bond acceptors (Lipinski definition) is 7. The number of Topliss-reactive ketones (excluding diaryl/α,β-unsaturated/α-hetero) is 1. The summed E-state index contributed by atoms with van der Waals surface area (Å²) in [5, 5.41) is 12.2. The van der Waals surface area contributed by atoms with Crippen LogP contribution in [0.3, 0.4) is 0 Å². The number of thiophene rings is 1. The first kappa shape index (κ1) is 16.2. The number of nitrogens with zero attached hydrogens (tertiary/aromatic N) is 4. The summed E-state index contributed by atoms with van der Waals surface area (Å²) in [4.78, 5) is 12.2. The number of carbonyl (C=O) groups is 1. The first-order valence-electron chi connectivity index (χ1n) is 6.62. The average Bonchev–Trinajstić information content (AvgIpc) is 3.19. The smallest absolute Gasteiger partial charge is 0.209 e. The van der Waals surface area contributed by atoms with Gasteiger partial charge in [0.2, 0.25) is 5.16 Å². The monoisotopic (exact) mass is 378 g/mol. The highest BCUT2D eigenvalue weighted by molar-refractivity contribution is 7.99. The van der Waals surface area contributed by atoms with E-state index >= 15 is 0 Å². The molecule has 0 aliphatic carbocycles. The summed E-state index contributed by atoms with van der Waals surface area (Å²) in [6.45, 7) is 1.39. The highest BCUT2D eigenvalue weighted by Crippen LogP contribution is 2.32. The molecule has 1 aliphatic rings. The molecule has 0 radical (unpaired) electrons. The second-order valence-electron chi connectivity index (χ2n) is 4.73. The van der Waals surface area contributed by atoms with E-state index in [9.17, 15) is 4.79 Å². The number of rotatable bonds is 6. The second kappa shape index (κ2) is 7.27. The lowest BCUT2D eigenvalue weighted by molar-refractivity contribution is 0.0912. The largest absolute Gasteiger partial charge is 0.376 e. The Morgan fingerprint density at radius 2 is 2.41 bits per heavy atom. The molecule has 1 fully saturated rings. The summed E-state index contributed by atoms with van der Waals surface area (Å²) in [5.41, 5.74) is 0.447. The molecule has 2 aromatic rings. The highest BCUT2D eigenvalue weighted by atomic mass is 35.5. The van der Waals surface area contributed by atoms with E-state index in [0.717, 1.165) is 19.4 Å². The number of carbonyl (C=O) groups excluding carboxylic acids is 1. The third kappa shape index (κ3) is 3.80. The van der Waals surface area contributed by atoms with Crippen molar-refractivity contribution in [1.29, 1.82) is 0 Å². The molecule has 0 saturated carbocycles. The molecule has 1 atom stereocenters. The summed E-state index contributed by atoms with van der Waals surface area (Å²) >= 11 is 14.3. The van der Waals surface area contributed by atoms with Gasteiger partial charge in [0, 0.05) is 12.2 Å². The predicted octanol–water partition coefficient (Wildman–Crippen LogP) is 3.20. The van der Waals surface area contributed by atoms with Crippen LogP contribution < -0.4 is 0 Å². The zero-order chi connectivity index (χ0) is 15.5. The number of ketones is 1. The lowest BCUT2D eigenvalue weighted by Crippen LogP contribution is -2.17. The van der Waals surface area contributed by atoms with Crippen LogP contribution in [0.4, 0.5) is 0 Å². The van der Waals surface area contributed by atoms with Gasteiger partial charge < -0.3 is 4.74 Å². The third-order valence-electron chi connectivity index (χ3n) is 3.19. The van der Waals surface area contributed by atoms with Crippen LogP contribution in [0, 0.1) is 0 Å². The predicted molar refractivity (Wildman–Crippen MR) is 86.2 cm³/mol. The van der Waals surface area contributed by atoms with Crippen LogP contribution in [0.2, 0.25) is 8.67 Å². The lowest BCUT2D eigenvalue weighted by Gasteiger charge is -2.09. The van der Waals surface area contributed by atoms with Crippen molar-refractivity contribution in [2.45, 2.75) is 30.6 Å². The van der Waals surface area contributed by atoms with Crippen molar-refractivity contribution in [3.8, 4) is 0 Å². The van der Waals surface area contributed by atoms with E-state index in [1.54, 1.807) is 10.7 Å². The number of hydrogen-bond donors (Lipinski definition) is 0. The van der Waals surface area contributed by atoms with Crippen molar-refractivity contribution in [2.24, 2.45) is 0 Å². The molecule has 22 heavy (non-hydrogen) atoms. The van der Waals surface area contributed by atoms with Gasteiger partial charge in [-0.3, -0.25) is 4.79 Å². The van der Waals surface area contributed by atoms with Gasteiger partial charge in [-0.1, -0.05) is 35.0 Å². The van der Waals surface area contributed by atoms with Gasteiger partial charge in [-0.05, 0) is 29.3 Å². The minimum Gasteiger partial charge on any atom is -0.376 e. The standard InChI is InChI=1S/C12H12Cl2N4O2S2/c13-10-4-8(11(14)22-10)9(19)6-21-12-15-16-17-18(12)5-7-2-1-3-20-7/h4,7H,1-3,5-6H2. The summed E-state index contributed by atoms with van der Waals surface area (Å²) in [5.74, 6) is 0.114. The molecule has 2 aromatic heterocycles. The summed E-state index contributed by atoms with van der Waals surface area (Å²) < 4.78 is 8.16. The molecule has 6 nitrogen and oxygen atoms in total. The molecular weight excluding hydrogens is 367 g/mol. The Morgan fingerprint density at radius 3 is 3.09 bits per heavy atom. The van der Waals surface area contributed by atoms with Gasteiger partial charge in [-0.15, -0.1) is 16.4 Å². The Bertz CT molecular complexity index is 670. The van der Waals surface area contributed by atoms with E-state index in [4.69, 9.17) is 27.9 Å². The fourth-order valence-electron chi connectivity index (χ4n) is 2.13. The van der Waals surface area contributed by atoms with Crippen molar-refractivity contribution in [3.05, 3.63) is 20.3 Å². The topological polar surface area (TPSA) is 69.9 Å². The van der Waals surface area contributed by atoms with Crippen LogP contribution >= 0.6 is 46.3 Å². The Balaban J connectivity index is 1.60. The van der Waals surface area contributed by atoms with Crippen molar-refractivity contribution in [1.82, 2.24) is 20.2 Å². The van der Waals surface area contributed by atoms with Gasteiger partial charge in [0.15, 0.2) is 5.78 Å². The van der Waals surface area contributed by atoms with E-state index in [2.05, 4.69) is 15.5 Å². The van der Waals surface area contributed by atoms with Crippen LogP contribution in [0.15, 0.2) is 11.2 Å². The first-order valence-corrected chi connectivity index (χ1v) is 9.18. The van der Waals surface area contributed by atoms with Crippen molar-refractivity contribution in [3.63, 3.8) is 0 Å². The molecule has 1 saturated heterocycles. The molecule has 1 unspecified atom stereocenters. The maximum atomic E-state index is 12.2. The normalized spacial score (nSPS) is 18.0. The lowest BCUT2D eigenvalue weighted by atomic mass is 10.2. The quantitative estimate of drug-likeness (QED) is 0.567. The van der Waals surface area contributed by atoms with Gasteiger partial charge in [-0.25, -0.2) is 4.68 Å². The van der Waals surface area contributed by atoms with Crippen LogP contribution in [0.25, 0.3) is 0 Å². The van der Waals surface area contributed by atoms with E-state index < -0.39 is 0 Å². The molecule has 0 N–H and O–H groups in total. The van der Waals surface area contributed by atoms with Gasteiger partial charge in [0.05, 0.1) is 22.7 Å². The minimum atomic E-state index is -0.0928. The van der Waals surface area contributed by atoms with Crippen LogP contribution in [0.1, 0.15) is 23.2 Å². The van der Waals surface area contributed by atoms with Crippen LogP contribution in [-0.4, -0.2) is 44.5 Å². The van der Waals surface area contributed by atoms with Gasteiger partial charge in [0.1, 0.15) is 4.34 Å². The first-order chi connectivity index (χ1) is 10.6. The fraction of sp³-hybridized carbons (Fsp3) is 0.500. The van der Waals surface area contributed by atoms with Crippen molar-refractivity contribution >= 4 is 52.1 Å². The molecule has 0 aromatic carbocycles. The summed E-state index contributed by atoms with van der Waals surface area (Å²) in [6, 6.07) is 1.59. The van der Waals surface area contributed by atoms with Gasteiger partial charge >= 0.3 is 0 Å². The second-order valence-corrected chi connectivity index (χ2v) is 7.96. The van der Waals surface area contributed by atoms with Crippen molar-refractivity contribution in [2.75, 3.05) is 12.4 Å². The fourth-order valence-corrected chi connectivity index (χ4v) is 4.40. The zero-order valence-corrected chi connectivity index (χ0v) is 14.5. The van der Waals surface area contributed by atoms with Gasteiger partial charge in [-0.2, -0.15) is 0 Å². The molecule has 1 aliphatic heterocycles. The molecule has 0 amide bonds. The van der Waals surface area contributed by atoms with Gasteiger partial charge in [0.25, 0.3) is 0 Å². The Labute approximate surface area is 145 Å². The SMILES string of the molecule is O=C(CSc1nnnn1CC1CCCO1)c1cc(Cl)sc1Cl. The molecule has 0 bridgehead atoms. The van der Waals surface area contributed by atoms with Crippen LogP contribution in [-0.2, 0) is 11.3 Å². The summed E-state index contributed by atoms with van der Waals surface area (Å²) in [6.07, 6.45) is 2.21.